The Morgan fingerprint density at radius 3 is 2.60 bits per heavy atom. The summed E-state index contributed by atoms with van der Waals surface area (Å²) in [6.45, 7) is 1.16. The highest BCUT2D eigenvalue weighted by Gasteiger charge is 1.99. The van der Waals surface area contributed by atoms with Crippen molar-refractivity contribution in [1.29, 1.82) is 0 Å². The first-order valence-corrected chi connectivity index (χ1v) is 5.36. The Morgan fingerprint density at radius 1 is 1.20 bits per heavy atom. The van der Waals surface area contributed by atoms with E-state index in [2.05, 4.69) is 17.4 Å². The Kier molecular flexibility index (Phi) is 6.00. The van der Waals surface area contributed by atoms with Gasteiger partial charge < -0.3 is 15.5 Å². The van der Waals surface area contributed by atoms with Crippen LogP contribution < -0.4 is 5.32 Å². The predicted molar refractivity (Wildman–Crippen MR) is 60.7 cm³/mol. The van der Waals surface area contributed by atoms with Gasteiger partial charge >= 0.3 is 0 Å². The van der Waals surface area contributed by atoms with Crippen LogP contribution in [0.1, 0.15) is 12.0 Å². The molecule has 0 aliphatic rings. The average molecular weight is 209 g/mol. The minimum atomic E-state index is -0.637. The number of hydrogen-bond donors (Lipinski definition) is 3. The highest BCUT2D eigenvalue weighted by atomic mass is 16.3. The molecule has 0 saturated heterocycles. The van der Waals surface area contributed by atoms with Crippen LogP contribution in [-0.2, 0) is 6.42 Å². The minimum absolute atomic E-state index is 0.175. The third kappa shape index (κ3) is 5.52. The second-order valence-corrected chi connectivity index (χ2v) is 3.63. The third-order valence-electron chi connectivity index (χ3n) is 2.25. The predicted octanol–water partition coefficient (Wildman–Crippen LogP) is 0.562. The first-order valence-electron chi connectivity index (χ1n) is 5.36. The molecule has 1 rings (SSSR count). The molecule has 0 aliphatic heterocycles. The molecule has 3 nitrogen and oxygen atoms in total. The molecule has 0 amide bonds. The van der Waals surface area contributed by atoms with Crippen LogP contribution in [0.25, 0.3) is 0 Å². The largest absolute Gasteiger partial charge is 0.394 e. The second-order valence-electron chi connectivity index (χ2n) is 3.63. The SMILES string of the molecule is OCC(O)CNCCCc1ccccc1. The standard InChI is InChI=1S/C12H19NO2/c14-10-12(15)9-13-8-4-7-11-5-2-1-3-6-11/h1-3,5-6,12-15H,4,7-10H2. The summed E-state index contributed by atoms with van der Waals surface area (Å²) in [5, 5.41) is 20.7. The summed E-state index contributed by atoms with van der Waals surface area (Å²) in [6, 6.07) is 10.3. The molecule has 0 saturated carbocycles. The van der Waals surface area contributed by atoms with Crippen LogP contribution in [0, 0.1) is 0 Å². The van der Waals surface area contributed by atoms with Crippen LogP contribution in [-0.4, -0.2) is 36.0 Å². The number of aryl methyl sites for hydroxylation is 1. The number of benzene rings is 1. The van der Waals surface area contributed by atoms with Gasteiger partial charge in [0.05, 0.1) is 12.7 Å². The molecule has 1 unspecified atom stereocenters. The molecule has 84 valence electrons. The van der Waals surface area contributed by atoms with Gasteiger partial charge in [-0.15, -0.1) is 0 Å². The third-order valence-corrected chi connectivity index (χ3v) is 2.25. The van der Waals surface area contributed by atoms with Gasteiger partial charge in [0, 0.05) is 6.54 Å². The average Bonchev–Trinajstić information content (AvgIpc) is 2.29. The van der Waals surface area contributed by atoms with E-state index in [1.54, 1.807) is 0 Å². The van der Waals surface area contributed by atoms with E-state index >= 15 is 0 Å². The second kappa shape index (κ2) is 7.40. The van der Waals surface area contributed by atoms with Gasteiger partial charge in [0.15, 0.2) is 0 Å². The zero-order valence-electron chi connectivity index (χ0n) is 8.89. The van der Waals surface area contributed by atoms with Crippen molar-refractivity contribution < 1.29 is 10.2 Å². The van der Waals surface area contributed by atoms with E-state index in [1.165, 1.54) is 5.56 Å². The van der Waals surface area contributed by atoms with Crippen LogP contribution in [0.15, 0.2) is 30.3 Å². The van der Waals surface area contributed by atoms with E-state index in [-0.39, 0.29) is 6.61 Å². The van der Waals surface area contributed by atoms with Gasteiger partial charge in [0.1, 0.15) is 0 Å². The van der Waals surface area contributed by atoms with Crippen LogP contribution in [0.4, 0.5) is 0 Å². The molecule has 3 heteroatoms. The Labute approximate surface area is 90.8 Å². The first kappa shape index (κ1) is 12.2. The zero-order valence-corrected chi connectivity index (χ0v) is 8.89. The van der Waals surface area contributed by atoms with Gasteiger partial charge in [-0.1, -0.05) is 30.3 Å². The monoisotopic (exact) mass is 209 g/mol. The number of aliphatic hydroxyl groups is 2. The van der Waals surface area contributed by atoms with Crippen LogP contribution in [0.3, 0.4) is 0 Å². The smallest absolute Gasteiger partial charge is 0.0894 e. The molecule has 0 fully saturated rings. The number of hydrogen-bond acceptors (Lipinski definition) is 3. The maximum atomic E-state index is 9.06. The lowest BCUT2D eigenvalue weighted by molar-refractivity contribution is 0.0946. The number of rotatable bonds is 7. The Bertz CT molecular complexity index is 251. The van der Waals surface area contributed by atoms with E-state index < -0.39 is 6.10 Å². The Morgan fingerprint density at radius 2 is 1.93 bits per heavy atom. The summed E-state index contributed by atoms with van der Waals surface area (Å²) >= 11 is 0. The summed E-state index contributed by atoms with van der Waals surface area (Å²) in [5.41, 5.74) is 1.34. The van der Waals surface area contributed by atoms with Crippen molar-refractivity contribution in [2.75, 3.05) is 19.7 Å². The van der Waals surface area contributed by atoms with E-state index in [1.807, 2.05) is 18.2 Å². The maximum Gasteiger partial charge on any atom is 0.0894 e. The molecule has 1 aromatic carbocycles. The van der Waals surface area contributed by atoms with E-state index in [4.69, 9.17) is 10.2 Å². The lowest BCUT2D eigenvalue weighted by atomic mass is 10.1. The molecular weight excluding hydrogens is 190 g/mol. The molecule has 1 atom stereocenters. The van der Waals surface area contributed by atoms with Crippen LogP contribution in [0.5, 0.6) is 0 Å². The van der Waals surface area contributed by atoms with Gasteiger partial charge in [-0.2, -0.15) is 0 Å². The fourth-order valence-electron chi connectivity index (χ4n) is 1.40. The quantitative estimate of drug-likeness (QED) is 0.575. The molecule has 0 bridgehead atoms. The molecule has 0 spiro atoms. The van der Waals surface area contributed by atoms with E-state index in [0.29, 0.717) is 6.54 Å². The van der Waals surface area contributed by atoms with Crippen molar-refractivity contribution in [3.05, 3.63) is 35.9 Å². The molecule has 0 aliphatic carbocycles. The van der Waals surface area contributed by atoms with E-state index in [0.717, 1.165) is 19.4 Å². The van der Waals surface area contributed by atoms with Crippen molar-refractivity contribution in [2.45, 2.75) is 18.9 Å². The molecule has 0 heterocycles. The summed E-state index contributed by atoms with van der Waals surface area (Å²) in [7, 11) is 0. The van der Waals surface area contributed by atoms with Crippen molar-refractivity contribution in [3.8, 4) is 0 Å². The van der Waals surface area contributed by atoms with Crippen molar-refractivity contribution in [2.24, 2.45) is 0 Å². The highest BCUT2D eigenvalue weighted by Crippen LogP contribution is 2.01. The summed E-state index contributed by atoms with van der Waals surface area (Å²) in [6.07, 6.45) is 1.45. The zero-order chi connectivity index (χ0) is 10.9. The molecular formula is C12H19NO2. The van der Waals surface area contributed by atoms with Crippen LogP contribution >= 0.6 is 0 Å². The van der Waals surface area contributed by atoms with Gasteiger partial charge in [-0.05, 0) is 24.9 Å². The highest BCUT2D eigenvalue weighted by molar-refractivity contribution is 5.14. The van der Waals surface area contributed by atoms with Crippen molar-refractivity contribution >= 4 is 0 Å². The van der Waals surface area contributed by atoms with E-state index in [9.17, 15) is 0 Å². The van der Waals surface area contributed by atoms with Gasteiger partial charge in [0.25, 0.3) is 0 Å². The fraction of sp³-hybridized carbons (Fsp3) is 0.500. The molecule has 0 radical (unpaired) electrons. The van der Waals surface area contributed by atoms with Gasteiger partial charge in [-0.3, -0.25) is 0 Å². The first-order chi connectivity index (χ1) is 7.33. The number of nitrogens with one attached hydrogen (secondary N) is 1. The normalized spacial score (nSPS) is 12.7. The minimum Gasteiger partial charge on any atom is -0.394 e. The van der Waals surface area contributed by atoms with Gasteiger partial charge in [0.2, 0.25) is 0 Å². The Balaban J connectivity index is 2.03. The molecule has 0 aromatic heterocycles. The topological polar surface area (TPSA) is 52.5 Å². The fourth-order valence-corrected chi connectivity index (χ4v) is 1.40. The number of aliphatic hydroxyl groups excluding tert-OH is 2. The summed E-state index contributed by atoms with van der Waals surface area (Å²) in [4.78, 5) is 0. The molecule has 1 aromatic rings. The molecule has 15 heavy (non-hydrogen) atoms. The lowest BCUT2D eigenvalue weighted by Crippen LogP contribution is -2.30. The lowest BCUT2D eigenvalue weighted by Gasteiger charge is -2.08. The molecule has 3 N–H and O–H groups in total. The Hall–Kier alpha value is -0.900. The van der Waals surface area contributed by atoms with Gasteiger partial charge in [-0.25, -0.2) is 0 Å². The van der Waals surface area contributed by atoms with Crippen molar-refractivity contribution in [1.82, 2.24) is 5.32 Å². The maximum absolute atomic E-state index is 9.06. The van der Waals surface area contributed by atoms with Crippen molar-refractivity contribution in [3.63, 3.8) is 0 Å². The summed E-state index contributed by atoms with van der Waals surface area (Å²) in [5.74, 6) is 0. The summed E-state index contributed by atoms with van der Waals surface area (Å²) < 4.78 is 0. The van der Waals surface area contributed by atoms with Crippen LogP contribution in [0.2, 0.25) is 0 Å².